The lowest BCUT2D eigenvalue weighted by Gasteiger charge is -2.17. The van der Waals surface area contributed by atoms with Crippen LogP contribution in [0.2, 0.25) is 0 Å². The summed E-state index contributed by atoms with van der Waals surface area (Å²) in [5.41, 5.74) is 0.586. The van der Waals surface area contributed by atoms with Crippen molar-refractivity contribution in [3.63, 3.8) is 0 Å². The molecule has 0 fully saturated rings. The van der Waals surface area contributed by atoms with Crippen LogP contribution in [0.1, 0.15) is 11.6 Å². The molecule has 5 nitrogen and oxygen atoms in total. The number of hydrogen-bond acceptors (Lipinski definition) is 3. The monoisotopic (exact) mass is 402 g/mol. The fourth-order valence-electron chi connectivity index (χ4n) is 3.21. The number of carboxylic acid groups (broad SMARTS) is 1. The summed E-state index contributed by atoms with van der Waals surface area (Å²) in [5.74, 6) is -0.430. The Labute approximate surface area is 171 Å². The minimum Gasteiger partial charge on any atom is -0.465 e. The molecule has 4 rings (SSSR count). The highest BCUT2D eigenvalue weighted by Crippen LogP contribution is 2.24. The minimum atomic E-state index is -1.26. The van der Waals surface area contributed by atoms with Crippen LogP contribution in [0.15, 0.2) is 89.8 Å². The van der Waals surface area contributed by atoms with Gasteiger partial charge in [-0.05, 0) is 57.3 Å². The van der Waals surface area contributed by atoms with E-state index in [4.69, 9.17) is 0 Å². The Bertz CT molecular complexity index is 1210. The Morgan fingerprint density at radius 2 is 1.34 bits per heavy atom. The van der Waals surface area contributed by atoms with Gasteiger partial charge in [-0.15, -0.1) is 0 Å². The van der Waals surface area contributed by atoms with E-state index in [2.05, 4.69) is 10.0 Å². The fraction of sp³-hybridized carbons (Fsp3) is 0.0435. The third-order valence-corrected chi connectivity index (χ3v) is 5.42. The van der Waals surface area contributed by atoms with Crippen LogP contribution in [0.3, 0.4) is 0 Å². The van der Waals surface area contributed by atoms with Gasteiger partial charge in [-0.1, -0.05) is 66.7 Å². The number of fused-ring (bicyclic) bond motifs is 2. The van der Waals surface area contributed by atoms with Gasteiger partial charge in [-0.2, -0.15) is 0 Å². The van der Waals surface area contributed by atoms with Crippen molar-refractivity contribution in [3.05, 3.63) is 90.5 Å². The molecule has 4 aromatic carbocycles. The lowest BCUT2D eigenvalue weighted by Crippen LogP contribution is -2.37. The summed E-state index contributed by atoms with van der Waals surface area (Å²) >= 11 is 1.16. The van der Waals surface area contributed by atoms with Crippen molar-refractivity contribution in [1.82, 2.24) is 10.0 Å². The molecule has 144 valence electrons. The molecule has 0 aliphatic rings. The second kappa shape index (κ2) is 8.24. The van der Waals surface area contributed by atoms with Gasteiger partial charge in [-0.3, -0.25) is 9.52 Å². The predicted octanol–water partition coefficient (Wildman–Crippen LogP) is 5.13. The van der Waals surface area contributed by atoms with Crippen molar-refractivity contribution in [3.8, 4) is 0 Å². The van der Waals surface area contributed by atoms with Crippen LogP contribution in [0.4, 0.5) is 4.79 Å². The molecule has 3 N–H and O–H groups in total. The van der Waals surface area contributed by atoms with Gasteiger partial charge in [0.1, 0.15) is 6.04 Å². The first-order valence-electron chi connectivity index (χ1n) is 9.04. The van der Waals surface area contributed by atoms with Crippen molar-refractivity contribution in [2.24, 2.45) is 0 Å². The van der Waals surface area contributed by atoms with Crippen molar-refractivity contribution >= 4 is 45.5 Å². The fourth-order valence-corrected chi connectivity index (χ4v) is 3.87. The summed E-state index contributed by atoms with van der Waals surface area (Å²) in [6, 6.07) is 26.1. The largest absolute Gasteiger partial charge is 0.465 e. The van der Waals surface area contributed by atoms with Crippen molar-refractivity contribution in [2.45, 2.75) is 10.9 Å². The molecule has 0 bridgehead atoms. The van der Waals surface area contributed by atoms with Gasteiger partial charge in [0.15, 0.2) is 0 Å². The highest BCUT2D eigenvalue weighted by molar-refractivity contribution is 7.98. The number of carbonyl (C=O) groups excluding carboxylic acids is 1. The second-order valence-corrected chi connectivity index (χ2v) is 7.45. The van der Waals surface area contributed by atoms with Crippen LogP contribution in [-0.2, 0) is 4.79 Å². The van der Waals surface area contributed by atoms with Gasteiger partial charge in [0.2, 0.25) is 0 Å². The highest BCUT2D eigenvalue weighted by atomic mass is 32.2. The van der Waals surface area contributed by atoms with Crippen LogP contribution >= 0.6 is 11.9 Å². The van der Waals surface area contributed by atoms with Crippen molar-refractivity contribution < 1.29 is 14.7 Å². The number of nitrogens with one attached hydrogen (secondary N) is 2. The molecule has 0 aliphatic carbocycles. The SMILES string of the molecule is O=C(O)NC(C(=O)NSc1ccc2ccccc2c1)c1ccc2ccccc2c1. The smallest absolute Gasteiger partial charge is 0.405 e. The van der Waals surface area contributed by atoms with Crippen LogP contribution in [0, 0.1) is 0 Å². The lowest BCUT2D eigenvalue weighted by molar-refractivity contribution is -0.121. The van der Waals surface area contributed by atoms with E-state index < -0.39 is 18.0 Å². The Kier molecular flexibility index (Phi) is 5.35. The zero-order valence-corrected chi connectivity index (χ0v) is 16.1. The number of amides is 2. The van der Waals surface area contributed by atoms with Gasteiger partial charge >= 0.3 is 6.09 Å². The quantitative estimate of drug-likeness (QED) is 0.405. The molecule has 0 spiro atoms. The number of hydrogen-bond donors (Lipinski definition) is 3. The molecule has 0 saturated carbocycles. The van der Waals surface area contributed by atoms with Crippen LogP contribution in [0.5, 0.6) is 0 Å². The summed E-state index contributed by atoms with van der Waals surface area (Å²) in [5, 5.41) is 15.7. The van der Waals surface area contributed by atoms with E-state index >= 15 is 0 Å². The second-order valence-electron chi connectivity index (χ2n) is 6.57. The molecule has 0 radical (unpaired) electrons. The first-order valence-corrected chi connectivity index (χ1v) is 9.85. The first kappa shape index (κ1) is 18.8. The van der Waals surface area contributed by atoms with Gasteiger partial charge in [0, 0.05) is 4.90 Å². The van der Waals surface area contributed by atoms with E-state index in [1.54, 1.807) is 6.07 Å². The molecule has 29 heavy (non-hydrogen) atoms. The molecule has 0 heterocycles. The average molecular weight is 402 g/mol. The maximum Gasteiger partial charge on any atom is 0.405 e. The molecule has 0 saturated heterocycles. The Balaban J connectivity index is 1.55. The van der Waals surface area contributed by atoms with Crippen molar-refractivity contribution in [2.75, 3.05) is 0 Å². The first-order chi connectivity index (χ1) is 14.1. The van der Waals surface area contributed by atoms with E-state index in [-0.39, 0.29) is 0 Å². The summed E-state index contributed by atoms with van der Waals surface area (Å²) in [6.45, 7) is 0. The Morgan fingerprint density at radius 3 is 2.00 bits per heavy atom. The van der Waals surface area contributed by atoms with Crippen molar-refractivity contribution in [1.29, 1.82) is 0 Å². The summed E-state index contributed by atoms with van der Waals surface area (Å²) in [4.78, 5) is 24.9. The summed E-state index contributed by atoms with van der Waals surface area (Å²) < 4.78 is 2.77. The number of benzene rings is 4. The Hall–Kier alpha value is -3.51. The third-order valence-electron chi connectivity index (χ3n) is 4.63. The number of carbonyl (C=O) groups is 2. The van der Waals surface area contributed by atoms with E-state index in [0.29, 0.717) is 5.56 Å². The maximum atomic E-state index is 12.8. The molecule has 1 unspecified atom stereocenters. The molecule has 2 amide bonds. The molecule has 4 aromatic rings. The van der Waals surface area contributed by atoms with Crippen LogP contribution in [0.25, 0.3) is 21.5 Å². The van der Waals surface area contributed by atoms with Gasteiger partial charge in [-0.25, -0.2) is 4.79 Å². The van der Waals surface area contributed by atoms with E-state index in [9.17, 15) is 14.7 Å². The molecular formula is C23H18N2O3S. The topological polar surface area (TPSA) is 78.4 Å². The predicted molar refractivity (Wildman–Crippen MR) is 116 cm³/mol. The third kappa shape index (κ3) is 4.33. The highest BCUT2D eigenvalue weighted by Gasteiger charge is 2.23. The molecule has 6 heteroatoms. The standard InChI is InChI=1S/C23H18N2O3S/c26-22(25-29-20-12-11-16-6-2-4-8-18(16)14-20)21(24-23(27)28)19-10-9-15-5-1-3-7-17(15)13-19/h1-14,21,24H,(H,25,26)(H,27,28). The Morgan fingerprint density at radius 1 is 0.759 bits per heavy atom. The summed E-state index contributed by atoms with van der Waals surface area (Å²) in [7, 11) is 0. The molecular weight excluding hydrogens is 384 g/mol. The molecule has 0 aliphatic heterocycles. The zero-order valence-electron chi connectivity index (χ0n) is 15.3. The summed E-state index contributed by atoms with van der Waals surface area (Å²) in [6.07, 6.45) is -1.26. The zero-order chi connectivity index (χ0) is 20.2. The minimum absolute atomic E-state index is 0.430. The van der Waals surface area contributed by atoms with Gasteiger partial charge < -0.3 is 10.4 Å². The van der Waals surface area contributed by atoms with Gasteiger partial charge in [0.05, 0.1) is 0 Å². The van der Waals surface area contributed by atoms with E-state index in [1.807, 2.05) is 78.9 Å². The normalized spacial score (nSPS) is 11.9. The lowest BCUT2D eigenvalue weighted by atomic mass is 10.0. The van der Waals surface area contributed by atoms with E-state index in [1.165, 1.54) is 0 Å². The number of rotatable bonds is 5. The van der Waals surface area contributed by atoms with Gasteiger partial charge in [0.25, 0.3) is 5.91 Å². The molecule has 1 atom stereocenters. The average Bonchev–Trinajstić information content (AvgIpc) is 2.75. The van der Waals surface area contributed by atoms with Crippen LogP contribution < -0.4 is 10.0 Å². The molecule has 0 aromatic heterocycles. The van der Waals surface area contributed by atoms with Crippen LogP contribution in [-0.4, -0.2) is 17.1 Å². The van der Waals surface area contributed by atoms with E-state index in [0.717, 1.165) is 38.4 Å². The maximum absolute atomic E-state index is 12.8.